The molecule has 1 aromatic carbocycles. The Morgan fingerprint density at radius 3 is 2.65 bits per heavy atom. The van der Waals surface area contributed by atoms with Gasteiger partial charge in [0, 0.05) is 10.7 Å². The second-order valence-electron chi connectivity index (χ2n) is 4.37. The third-order valence-electron chi connectivity index (χ3n) is 3.06. The Balaban J connectivity index is 2.21. The number of nitrogens with zero attached hydrogens (tertiary/aromatic N) is 1. The summed E-state index contributed by atoms with van der Waals surface area (Å²) < 4.78 is 6.08. The summed E-state index contributed by atoms with van der Waals surface area (Å²) in [7, 11) is 1.66. The molecule has 0 amide bonds. The van der Waals surface area contributed by atoms with E-state index in [0.717, 1.165) is 22.3 Å². The lowest BCUT2D eigenvalue weighted by atomic mass is 10.0. The number of methoxy groups -OCH3 is 1. The van der Waals surface area contributed by atoms with Crippen molar-refractivity contribution in [3.05, 3.63) is 51.7 Å². The summed E-state index contributed by atoms with van der Waals surface area (Å²) in [5.41, 5.74) is 2.01. The highest BCUT2D eigenvalue weighted by Crippen LogP contribution is 2.29. The van der Waals surface area contributed by atoms with Gasteiger partial charge in [-0.15, -0.1) is 0 Å². The highest BCUT2D eigenvalue weighted by molar-refractivity contribution is 9.10. The summed E-state index contributed by atoms with van der Waals surface area (Å²) in [4.78, 5) is 4.12. The van der Waals surface area contributed by atoms with Crippen molar-refractivity contribution in [2.24, 2.45) is 0 Å². The maximum atomic E-state index is 6.12. The second-order valence-corrected chi connectivity index (χ2v) is 5.64. The van der Waals surface area contributed by atoms with Crippen molar-refractivity contribution in [2.75, 3.05) is 12.4 Å². The maximum Gasteiger partial charge on any atom is 0.152 e. The molecule has 0 aliphatic heterocycles. The largest absolute Gasteiger partial charge is 0.497 e. The number of nitrogens with one attached hydrogen (secondary N) is 1. The molecule has 1 N–H and O–H groups in total. The fourth-order valence-electron chi connectivity index (χ4n) is 1.97. The van der Waals surface area contributed by atoms with Gasteiger partial charge in [0.1, 0.15) is 5.75 Å². The molecule has 0 bridgehead atoms. The van der Waals surface area contributed by atoms with E-state index in [1.165, 1.54) is 5.56 Å². The highest BCUT2D eigenvalue weighted by atomic mass is 79.9. The van der Waals surface area contributed by atoms with Crippen LogP contribution < -0.4 is 10.1 Å². The van der Waals surface area contributed by atoms with Crippen molar-refractivity contribution in [2.45, 2.75) is 19.4 Å². The minimum Gasteiger partial charge on any atom is -0.497 e. The number of aromatic nitrogens is 1. The summed E-state index contributed by atoms with van der Waals surface area (Å²) in [5.74, 6) is 0.853. The van der Waals surface area contributed by atoms with E-state index in [0.29, 0.717) is 5.15 Å². The lowest BCUT2D eigenvalue weighted by Gasteiger charge is -2.19. The Labute approximate surface area is 132 Å². The van der Waals surface area contributed by atoms with Crippen LogP contribution in [0, 0.1) is 0 Å². The van der Waals surface area contributed by atoms with Gasteiger partial charge in [-0.2, -0.15) is 0 Å². The van der Waals surface area contributed by atoms with Gasteiger partial charge in [-0.05, 0) is 46.1 Å². The van der Waals surface area contributed by atoms with E-state index < -0.39 is 0 Å². The Kier molecular flexibility index (Phi) is 5.26. The van der Waals surface area contributed by atoms with Crippen LogP contribution in [0.5, 0.6) is 5.75 Å². The Bertz CT molecular complexity index is 575. The molecule has 20 heavy (non-hydrogen) atoms. The van der Waals surface area contributed by atoms with Crippen LogP contribution in [0.3, 0.4) is 0 Å². The average Bonchev–Trinajstić information content (AvgIpc) is 2.48. The maximum absolute atomic E-state index is 6.12. The number of ether oxygens (including phenoxy) is 1. The molecule has 1 heterocycles. The molecule has 2 aromatic rings. The topological polar surface area (TPSA) is 34.2 Å². The predicted octanol–water partition coefficient (Wildman–Crippen LogP) is 5.07. The SMILES string of the molecule is CCC(Nc1cc(Br)cnc1Cl)c1ccc(OC)cc1. The van der Waals surface area contributed by atoms with E-state index >= 15 is 0 Å². The zero-order valence-corrected chi connectivity index (χ0v) is 13.7. The lowest BCUT2D eigenvalue weighted by molar-refractivity contribution is 0.414. The molecule has 0 fully saturated rings. The molecule has 1 atom stereocenters. The fraction of sp³-hybridized carbons (Fsp3) is 0.267. The Morgan fingerprint density at radius 1 is 1.35 bits per heavy atom. The van der Waals surface area contributed by atoms with Crippen molar-refractivity contribution in [3.8, 4) is 5.75 Å². The number of halogens is 2. The minimum atomic E-state index is 0.175. The zero-order chi connectivity index (χ0) is 14.5. The molecule has 0 aliphatic rings. The van der Waals surface area contributed by atoms with Crippen molar-refractivity contribution >= 4 is 33.2 Å². The van der Waals surface area contributed by atoms with Crippen LogP contribution in [0.25, 0.3) is 0 Å². The molecule has 5 heteroatoms. The third-order valence-corrected chi connectivity index (χ3v) is 3.80. The molecule has 0 aliphatic carbocycles. The minimum absolute atomic E-state index is 0.175. The van der Waals surface area contributed by atoms with Gasteiger partial charge in [0.25, 0.3) is 0 Å². The van der Waals surface area contributed by atoms with Crippen molar-refractivity contribution < 1.29 is 4.74 Å². The van der Waals surface area contributed by atoms with Crippen LogP contribution in [0.4, 0.5) is 5.69 Å². The number of anilines is 1. The first-order valence-electron chi connectivity index (χ1n) is 6.35. The van der Waals surface area contributed by atoms with E-state index in [4.69, 9.17) is 16.3 Å². The van der Waals surface area contributed by atoms with Crippen LogP contribution >= 0.6 is 27.5 Å². The molecule has 0 radical (unpaired) electrons. The first-order valence-corrected chi connectivity index (χ1v) is 7.52. The predicted molar refractivity (Wildman–Crippen MR) is 86.6 cm³/mol. The molecule has 1 unspecified atom stereocenters. The standard InChI is InChI=1S/C15H16BrClN2O/c1-3-13(10-4-6-12(20-2)7-5-10)19-14-8-11(16)9-18-15(14)17/h4-9,13,19H,3H2,1-2H3. The number of rotatable bonds is 5. The molecule has 0 saturated carbocycles. The van der Waals surface area contributed by atoms with Gasteiger partial charge in [-0.1, -0.05) is 30.7 Å². The molecule has 2 rings (SSSR count). The van der Waals surface area contributed by atoms with Gasteiger partial charge in [0.15, 0.2) is 5.15 Å². The number of hydrogen-bond donors (Lipinski definition) is 1. The molecular weight excluding hydrogens is 340 g/mol. The summed E-state index contributed by atoms with van der Waals surface area (Å²) in [6, 6.07) is 10.1. The van der Waals surface area contributed by atoms with Gasteiger partial charge in [0.05, 0.1) is 18.8 Å². The summed E-state index contributed by atoms with van der Waals surface area (Å²) in [6.07, 6.45) is 2.62. The van der Waals surface area contributed by atoms with E-state index in [9.17, 15) is 0 Å². The highest BCUT2D eigenvalue weighted by Gasteiger charge is 2.12. The number of benzene rings is 1. The molecular formula is C15H16BrClN2O. The summed E-state index contributed by atoms with van der Waals surface area (Å²) in [6.45, 7) is 2.13. The summed E-state index contributed by atoms with van der Waals surface area (Å²) in [5, 5.41) is 3.90. The van der Waals surface area contributed by atoms with Gasteiger partial charge in [0.2, 0.25) is 0 Å². The van der Waals surface area contributed by atoms with Crippen LogP contribution in [-0.2, 0) is 0 Å². The van der Waals surface area contributed by atoms with Crippen molar-refractivity contribution in [3.63, 3.8) is 0 Å². The van der Waals surface area contributed by atoms with E-state index in [1.807, 2.05) is 18.2 Å². The van der Waals surface area contributed by atoms with E-state index in [-0.39, 0.29) is 6.04 Å². The molecule has 1 aromatic heterocycles. The van der Waals surface area contributed by atoms with Gasteiger partial charge in [-0.25, -0.2) is 4.98 Å². The normalized spacial score (nSPS) is 12.0. The van der Waals surface area contributed by atoms with Crippen LogP contribution in [-0.4, -0.2) is 12.1 Å². The van der Waals surface area contributed by atoms with Crippen LogP contribution in [0.1, 0.15) is 24.9 Å². The van der Waals surface area contributed by atoms with E-state index in [1.54, 1.807) is 13.3 Å². The zero-order valence-electron chi connectivity index (χ0n) is 11.4. The Hall–Kier alpha value is -1.26. The summed E-state index contributed by atoms with van der Waals surface area (Å²) >= 11 is 9.52. The van der Waals surface area contributed by atoms with Crippen molar-refractivity contribution in [1.29, 1.82) is 0 Å². The fourth-order valence-corrected chi connectivity index (χ4v) is 2.46. The molecule has 3 nitrogen and oxygen atoms in total. The molecule has 106 valence electrons. The third kappa shape index (κ3) is 3.64. The average molecular weight is 356 g/mol. The first-order chi connectivity index (χ1) is 9.63. The van der Waals surface area contributed by atoms with Gasteiger partial charge >= 0.3 is 0 Å². The smallest absolute Gasteiger partial charge is 0.152 e. The quantitative estimate of drug-likeness (QED) is 0.760. The van der Waals surface area contributed by atoms with Crippen LogP contribution in [0.2, 0.25) is 5.15 Å². The van der Waals surface area contributed by atoms with Gasteiger partial charge < -0.3 is 10.1 Å². The van der Waals surface area contributed by atoms with Crippen molar-refractivity contribution in [1.82, 2.24) is 4.98 Å². The number of pyridine rings is 1. The molecule has 0 saturated heterocycles. The second kappa shape index (κ2) is 6.95. The Morgan fingerprint density at radius 2 is 2.05 bits per heavy atom. The van der Waals surface area contributed by atoms with Crippen LogP contribution in [0.15, 0.2) is 41.0 Å². The lowest BCUT2D eigenvalue weighted by Crippen LogP contribution is -2.10. The van der Waals surface area contributed by atoms with Gasteiger partial charge in [-0.3, -0.25) is 0 Å². The molecule has 0 spiro atoms. The first kappa shape index (κ1) is 15.1. The monoisotopic (exact) mass is 354 g/mol. The van der Waals surface area contributed by atoms with E-state index in [2.05, 4.69) is 45.3 Å². The number of hydrogen-bond acceptors (Lipinski definition) is 3.